The van der Waals surface area contributed by atoms with Gasteiger partial charge in [0.25, 0.3) is 0 Å². The smallest absolute Gasteiger partial charge is 0.134 e. The zero-order valence-electron chi connectivity index (χ0n) is 9.45. The first-order valence-corrected chi connectivity index (χ1v) is 5.30. The van der Waals surface area contributed by atoms with Gasteiger partial charge in [0.15, 0.2) is 0 Å². The predicted molar refractivity (Wildman–Crippen MR) is 61.3 cm³/mol. The molecular weight excluding hydrogens is 224 g/mol. The zero-order valence-corrected chi connectivity index (χ0v) is 9.45. The quantitative estimate of drug-likeness (QED) is 0.885. The number of aryl methyl sites for hydroxylation is 1. The SMILES string of the molecule is Cn1ncc(-c2ccc(F)cc2F)c1CCN. The number of aromatic nitrogens is 2. The maximum Gasteiger partial charge on any atom is 0.134 e. The molecular formula is C12H13F2N3. The molecule has 0 spiro atoms. The molecule has 90 valence electrons. The van der Waals surface area contributed by atoms with Crippen molar-refractivity contribution in [2.24, 2.45) is 12.8 Å². The minimum Gasteiger partial charge on any atom is -0.330 e. The van der Waals surface area contributed by atoms with E-state index in [0.29, 0.717) is 24.1 Å². The molecule has 5 heteroatoms. The predicted octanol–water partition coefficient (Wildman–Crippen LogP) is 1.87. The molecule has 0 saturated carbocycles. The first-order chi connectivity index (χ1) is 8.13. The largest absolute Gasteiger partial charge is 0.330 e. The molecule has 0 aliphatic rings. The summed E-state index contributed by atoms with van der Waals surface area (Å²) in [6.07, 6.45) is 2.17. The highest BCUT2D eigenvalue weighted by molar-refractivity contribution is 5.66. The Balaban J connectivity index is 2.52. The van der Waals surface area contributed by atoms with E-state index in [1.165, 1.54) is 12.1 Å². The van der Waals surface area contributed by atoms with E-state index >= 15 is 0 Å². The van der Waals surface area contributed by atoms with E-state index in [9.17, 15) is 8.78 Å². The van der Waals surface area contributed by atoms with Gasteiger partial charge < -0.3 is 5.73 Å². The molecule has 0 atom stereocenters. The average molecular weight is 237 g/mol. The molecule has 0 saturated heterocycles. The third-order valence-electron chi connectivity index (χ3n) is 2.66. The van der Waals surface area contributed by atoms with Crippen LogP contribution in [0.15, 0.2) is 24.4 Å². The summed E-state index contributed by atoms with van der Waals surface area (Å²) in [6.45, 7) is 0.454. The summed E-state index contributed by atoms with van der Waals surface area (Å²) in [5, 5.41) is 4.08. The Morgan fingerprint density at radius 2 is 2.06 bits per heavy atom. The van der Waals surface area contributed by atoms with Crippen molar-refractivity contribution in [3.63, 3.8) is 0 Å². The fraction of sp³-hybridized carbons (Fsp3) is 0.250. The van der Waals surface area contributed by atoms with Gasteiger partial charge in [0.05, 0.1) is 6.20 Å². The highest BCUT2D eigenvalue weighted by atomic mass is 19.1. The van der Waals surface area contributed by atoms with Crippen molar-refractivity contribution in [1.82, 2.24) is 9.78 Å². The molecule has 2 rings (SSSR count). The minimum absolute atomic E-state index is 0.350. The molecule has 0 aliphatic heterocycles. The number of halogens is 2. The molecule has 0 radical (unpaired) electrons. The van der Waals surface area contributed by atoms with Gasteiger partial charge in [-0.05, 0) is 18.7 Å². The second-order valence-corrected chi connectivity index (χ2v) is 3.79. The monoisotopic (exact) mass is 237 g/mol. The minimum atomic E-state index is -0.587. The van der Waals surface area contributed by atoms with E-state index in [4.69, 9.17) is 5.73 Å². The van der Waals surface area contributed by atoms with Crippen LogP contribution in [0.2, 0.25) is 0 Å². The lowest BCUT2D eigenvalue weighted by Crippen LogP contribution is -2.08. The first-order valence-electron chi connectivity index (χ1n) is 5.30. The Hall–Kier alpha value is -1.75. The Bertz CT molecular complexity index is 535. The third kappa shape index (κ3) is 2.19. The number of hydrogen-bond donors (Lipinski definition) is 1. The number of benzene rings is 1. The van der Waals surface area contributed by atoms with Crippen LogP contribution in [-0.2, 0) is 13.5 Å². The fourth-order valence-electron chi connectivity index (χ4n) is 1.83. The Kier molecular flexibility index (Phi) is 3.19. The van der Waals surface area contributed by atoms with Crippen LogP contribution in [0.3, 0.4) is 0 Å². The van der Waals surface area contributed by atoms with Crippen molar-refractivity contribution in [2.75, 3.05) is 6.54 Å². The van der Waals surface area contributed by atoms with Crippen LogP contribution in [0.5, 0.6) is 0 Å². The van der Waals surface area contributed by atoms with Gasteiger partial charge in [0.1, 0.15) is 11.6 Å². The Morgan fingerprint density at radius 3 is 2.71 bits per heavy atom. The van der Waals surface area contributed by atoms with Crippen molar-refractivity contribution >= 4 is 0 Å². The van der Waals surface area contributed by atoms with Gasteiger partial charge in [-0.3, -0.25) is 4.68 Å². The van der Waals surface area contributed by atoms with Gasteiger partial charge in [-0.25, -0.2) is 8.78 Å². The molecule has 1 aromatic heterocycles. The molecule has 1 aromatic carbocycles. The van der Waals surface area contributed by atoms with E-state index in [1.807, 2.05) is 0 Å². The molecule has 0 bridgehead atoms. The lowest BCUT2D eigenvalue weighted by molar-refractivity contribution is 0.585. The van der Waals surface area contributed by atoms with Crippen LogP contribution in [0, 0.1) is 11.6 Å². The highest BCUT2D eigenvalue weighted by Gasteiger charge is 2.14. The van der Waals surface area contributed by atoms with Crippen LogP contribution in [0.1, 0.15) is 5.69 Å². The number of hydrogen-bond acceptors (Lipinski definition) is 2. The summed E-state index contributed by atoms with van der Waals surface area (Å²) < 4.78 is 28.2. The average Bonchev–Trinajstić information content (AvgIpc) is 2.62. The summed E-state index contributed by atoms with van der Waals surface area (Å²) >= 11 is 0. The van der Waals surface area contributed by atoms with Crippen LogP contribution in [0.25, 0.3) is 11.1 Å². The van der Waals surface area contributed by atoms with E-state index in [1.54, 1.807) is 17.9 Å². The number of rotatable bonds is 3. The van der Waals surface area contributed by atoms with Gasteiger partial charge >= 0.3 is 0 Å². The van der Waals surface area contributed by atoms with E-state index in [0.717, 1.165) is 11.8 Å². The summed E-state index contributed by atoms with van der Waals surface area (Å²) in [5.74, 6) is -1.17. The summed E-state index contributed by atoms with van der Waals surface area (Å²) in [5.41, 5.74) is 7.36. The molecule has 2 aromatic rings. The third-order valence-corrected chi connectivity index (χ3v) is 2.66. The van der Waals surface area contributed by atoms with Crippen molar-refractivity contribution in [1.29, 1.82) is 0 Å². The van der Waals surface area contributed by atoms with Gasteiger partial charge in [-0.2, -0.15) is 5.10 Å². The fourth-order valence-corrected chi connectivity index (χ4v) is 1.83. The normalized spacial score (nSPS) is 10.8. The van der Waals surface area contributed by atoms with E-state index in [2.05, 4.69) is 5.10 Å². The molecule has 1 heterocycles. The Labute approximate surface area is 97.9 Å². The lowest BCUT2D eigenvalue weighted by Gasteiger charge is -2.06. The molecule has 17 heavy (non-hydrogen) atoms. The number of nitrogens with zero attached hydrogens (tertiary/aromatic N) is 2. The molecule has 2 N–H and O–H groups in total. The van der Waals surface area contributed by atoms with Gasteiger partial charge in [0.2, 0.25) is 0 Å². The second-order valence-electron chi connectivity index (χ2n) is 3.79. The highest BCUT2D eigenvalue weighted by Crippen LogP contribution is 2.26. The summed E-state index contributed by atoms with van der Waals surface area (Å²) in [7, 11) is 1.77. The van der Waals surface area contributed by atoms with Crippen LogP contribution in [0.4, 0.5) is 8.78 Å². The standard InChI is InChI=1S/C12H13F2N3/c1-17-12(4-5-15)10(7-16-17)9-3-2-8(13)6-11(9)14/h2-3,6-7H,4-5,15H2,1H3. The van der Waals surface area contributed by atoms with Crippen molar-refractivity contribution in [2.45, 2.75) is 6.42 Å². The molecule has 0 aliphatic carbocycles. The molecule has 0 fully saturated rings. The van der Waals surface area contributed by atoms with E-state index < -0.39 is 11.6 Å². The van der Waals surface area contributed by atoms with Crippen LogP contribution >= 0.6 is 0 Å². The lowest BCUT2D eigenvalue weighted by atomic mass is 10.0. The van der Waals surface area contributed by atoms with Gasteiger partial charge in [-0.1, -0.05) is 0 Å². The zero-order chi connectivity index (χ0) is 12.4. The van der Waals surface area contributed by atoms with Gasteiger partial charge in [-0.15, -0.1) is 0 Å². The summed E-state index contributed by atoms with van der Waals surface area (Å²) in [4.78, 5) is 0. The molecule has 0 unspecified atom stereocenters. The topological polar surface area (TPSA) is 43.8 Å². The van der Waals surface area contributed by atoms with E-state index in [-0.39, 0.29) is 0 Å². The van der Waals surface area contributed by atoms with Crippen molar-refractivity contribution in [3.8, 4) is 11.1 Å². The van der Waals surface area contributed by atoms with Crippen LogP contribution in [-0.4, -0.2) is 16.3 Å². The Morgan fingerprint density at radius 1 is 1.29 bits per heavy atom. The maximum absolute atomic E-state index is 13.7. The van der Waals surface area contributed by atoms with Crippen LogP contribution < -0.4 is 5.73 Å². The number of nitrogens with two attached hydrogens (primary N) is 1. The second kappa shape index (κ2) is 4.63. The molecule has 3 nitrogen and oxygen atoms in total. The van der Waals surface area contributed by atoms with Crippen molar-refractivity contribution < 1.29 is 8.78 Å². The maximum atomic E-state index is 13.7. The van der Waals surface area contributed by atoms with Crippen molar-refractivity contribution in [3.05, 3.63) is 41.7 Å². The first kappa shape index (κ1) is 11.7. The molecule has 0 amide bonds. The van der Waals surface area contributed by atoms with Gasteiger partial charge in [0, 0.05) is 36.4 Å². The summed E-state index contributed by atoms with van der Waals surface area (Å²) in [6, 6.07) is 3.52.